The van der Waals surface area contributed by atoms with Crippen LogP contribution >= 0.6 is 11.6 Å². The van der Waals surface area contributed by atoms with Crippen molar-refractivity contribution < 1.29 is 4.74 Å². The fourth-order valence-corrected chi connectivity index (χ4v) is 2.50. The van der Waals surface area contributed by atoms with Gasteiger partial charge in [0.1, 0.15) is 5.75 Å². The van der Waals surface area contributed by atoms with Crippen LogP contribution in [0.2, 0.25) is 5.02 Å². The van der Waals surface area contributed by atoms with Gasteiger partial charge in [-0.3, -0.25) is 0 Å². The summed E-state index contributed by atoms with van der Waals surface area (Å²) in [6.45, 7) is 2.75. The van der Waals surface area contributed by atoms with Gasteiger partial charge in [0.05, 0.1) is 7.11 Å². The lowest BCUT2D eigenvalue weighted by Gasteiger charge is -2.29. The second kappa shape index (κ2) is 6.29. The lowest BCUT2D eigenvalue weighted by atomic mass is 9.77. The first-order valence-electron chi connectivity index (χ1n) is 6.66. The Morgan fingerprint density at radius 2 is 1.85 bits per heavy atom. The number of rotatable bonds is 5. The molecule has 0 fully saturated rings. The molecule has 0 saturated heterocycles. The van der Waals surface area contributed by atoms with Gasteiger partial charge in [-0.1, -0.05) is 42.8 Å². The van der Waals surface area contributed by atoms with E-state index in [1.165, 1.54) is 11.1 Å². The van der Waals surface area contributed by atoms with Crippen molar-refractivity contribution in [2.24, 2.45) is 5.73 Å². The number of methoxy groups -OCH3 is 1. The van der Waals surface area contributed by atoms with E-state index in [2.05, 4.69) is 31.2 Å². The molecule has 1 unspecified atom stereocenters. The molecule has 2 N–H and O–H groups in total. The van der Waals surface area contributed by atoms with Gasteiger partial charge in [0.2, 0.25) is 0 Å². The second-order valence-electron chi connectivity index (χ2n) is 5.30. The lowest BCUT2D eigenvalue weighted by molar-refractivity contribution is 0.413. The van der Waals surface area contributed by atoms with E-state index in [0.29, 0.717) is 6.54 Å². The summed E-state index contributed by atoms with van der Waals surface area (Å²) >= 11 is 5.96. The molecule has 20 heavy (non-hydrogen) atoms. The number of benzene rings is 2. The van der Waals surface area contributed by atoms with Crippen molar-refractivity contribution in [3.63, 3.8) is 0 Å². The molecule has 0 amide bonds. The quantitative estimate of drug-likeness (QED) is 0.908. The Bertz CT molecular complexity index is 567. The van der Waals surface area contributed by atoms with Crippen molar-refractivity contribution in [2.45, 2.75) is 18.8 Å². The molecule has 0 bridgehead atoms. The van der Waals surface area contributed by atoms with Crippen molar-refractivity contribution >= 4 is 11.6 Å². The van der Waals surface area contributed by atoms with Gasteiger partial charge in [-0.15, -0.1) is 0 Å². The summed E-state index contributed by atoms with van der Waals surface area (Å²) in [5, 5.41) is 0.745. The van der Waals surface area contributed by atoms with Crippen LogP contribution in [0.25, 0.3) is 0 Å². The summed E-state index contributed by atoms with van der Waals surface area (Å²) in [5.74, 6) is 0.873. The third kappa shape index (κ3) is 3.33. The molecule has 0 aliphatic rings. The minimum atomic E-state index is -0.114. The fourth-order valence-electron chi connectivity index (χ4n) is 2.38. The Morgan fingerprint density at radius 1 is 1.15 bits per heavy atom. The molecule has 2 rings (SSSR count). The van der Waals surface area contributed by atoms with Gasteiger partial charge in [-0.05, 0) is 41.8 Å². The highest BCUT2D eigenvalue weighted by atomic mass is 35.5. The van der Waals surface area contributed by atoms with E-state index in [1.54, 1.807) is 7.11 Å². The zero-order chi connectivity index (χ0) is 14.6. The van der Waals surface area contributed by atoms with Crippen LogP contribution in [0.3, 0.4) is 0 Å². The summed E-state index contributed by atoms with van der Waals surface area (Å²) in [4.78, 5) is 0. The van der Waals surface area contributed by atoms with Crippen molar-refractivity contribution in [3.8, 4) is 5.75 Å². The van der Waals surface area contributed by atoms with Crippen LogP contribution in [0.1, 0.15) is 18.1 Å². The minimum absolute atomic E-state index is 0.114. The maximum absolute atomic E-state index is 6.03. The van der Waals surface area contributed by atoms with Crippen molar-refractivity contribution in [3.05, 3.63) is 64.7 Å². The van der Waals surface area contributed by atoms with Gasteiger partial charge in [0, 0.05) is 17.0 Å². The van der Waals surface area contributed by atoms with Crippen LogP contribution < -0.4 is 10.5 Å². The largest absolute Gasteiger partial charge is 0.497 e. The molecule has 0 aromatic heterocycles. The van der Waals surface area contributed by atoms with Crippen LogP contribution in [0.4, 0.5) is 0 Å². The van der Waals surface area contributed by atoms with Gasteiger partial charge in [-0.2, -0.15) is 0 Å². The summed E-state index contributed by atoms with van der Waals surface area (Å²) in [6.07, 6.45) is 0.863. The normalized spacial score (nSPS) is 13.8. The maximum atomic E-state index is 6.03. The van der Waals surface area contributed by atoms with Crippen LogP contribution in [-0.2, 0) is 11.8 Å². The maximum Gasteiger partial charge on any atom is 0.119 e. The van der Waals surface area contributed by atoms with Crippen LogP contribution in [0.15, 0.2) is 48.5 Å². The minimum Gasteiger partial charge on any atom is -0.497 e. The smallest absolute Gasteiger partial charge is 0.119 e. The monoisotopic (exact) mass is 289 g/mol. The fraction of sp³-hybridized carbons (Fsp3) is 0.294. The Balaban J connectivity index is 2.28. The van der Waals surface area contributed by atoms with Gasteiger partial charge in [0.25, 0.3) is 0 Å². The molecule has 0 spiro atoms. The first-order valence-corrected chi connectivity index (χ1v) is 7.04. The van der Waals surface area contributed by atoms with Gasteiger partial charge in [0.15, 0.2) is 0 Å². The molecule has 0 heterocycles. The standard InChI is InChI=1S/C17H20ClNO/c1-17(12-19,14-6-8-15(18)9-7-14)11-13-4-3-5-16(10-13)20-2/h3-10H,11-12,19H2,1-2H3. The molecular weight excluding hydrogens is 270 g/mol. The van der Waals surface area contributed by atoms with Crippen LogP contribution in [0.5, 0.6) is 5.75 Å². The summed E-state index contributed by atoms with van der Waals surface area (Å²) < 4.78 is 5.28. The molecule has 3 heteroatoms. The Labute approximate surface area is 125 Å². The third-order valence-electron chi connectivity index (χ3n) is 3.72. The molecule has 0 aliphatic heterocycles. The van der Waals surface area contributed by atoms with E-state index in [-0.39, 0.29) is 5.41 Å². The second-order valence-corrected chi connectivity index (χ2v) is 5.74. The van der Waals surface area contributed by atoms with E-state index in [0.717, 1.165) is 17.2 Å². The lowest BCUT2D eigenvalue weighted by Crippen LogP contribution is -2.34. The van der Waals surface area contributed by atoms with Crippen LogP contribution in [-0.4, -0.2) is 13.7 Å². The predicted octanol–water partition coefficient (Wildman–Crippen LogP) is 3.81. The van der Waals surface area contributed by atoms with E-state index < -0.39 is 0 Å². The van der Waals surface area contributed by atoms with Crippen molar-refractivity contribution in [1.29, 1.82) is 0 Å². The highest BCUT2D eigenvalue weighted by Crippen LogP contribution is 2.29. The number of hydrogen-bond donors (Lipinski definition) is 1. The number of ether oxygens (including phenoxy) is 1. The van der Waals surface area contributed by atoms with Crippen molar-refractivity contribution in [2.75, 3.05) is 13.7 Å². The average Bonchev–Trinajstić information content (AvgIpc) is 2.48. The molecule has 0 saturated carbocycles. The summed E-state index contributed by atoms with van der Waals surface area (Å²) in [5.41, 5.74) is 8.33. The molecule has 2 nitrogen and oxygen atoms in total. The molecule has 2 aromatic rings. The average molecular weight is 290 g/mol. The molecule has 0 aliphatic carbocycles. The summed E-state index contributed by atoms with van der Waals surface area (Å²) in [6, 6.07) is 16.0. The molecule has 2 aromatic carbocycles. The molecule has 0 radical (unpaired) electrons. The summed E-state index contributed by atoms with van der Waals surface area (Å²) in [7, 11) is 1.68. The number of hydrogen-bond acceptors (Lipinski definition) is 2. The van der Waals surface area contributed by atoms with E-state index in [9.17, 15) is 0 Å². The van der Waals surface area contributed by atoms with Gasteiger partial charge >= 0.3 is 0 Å². The van der Waals surface area contributed by atoms with E-state index >= 15 is 0 Å². The van der Waals surface area contributed by atoms with Gasteiger partial charge in [-0.25, -0.2) is 0 Å². The van der Waals surface area contributed by atoms with E-state index in [4.69, 9.17) is 22.1 Å². The Kier molecular flexibility index (Phi) is 4.69. The Morgan fingerprint density at radius 3 is 2.45 bits per heavy atom. The molecule has 106 valence electrons. The number of nitrogens with two attached hydrogens (primary N) is 1. The molecule has 1 atom stereocenters. The highest BCUT2D eigenvalue weighted by molar-refractivity contribution is 6.30. The third-order valence-corrected chi connectivity index (χ3v) is 3.97. The highest BCUT2D eigenvalue weighted by Gasteiger charge is 2.25. The zero-order valence-electron chi connectivity index (χ0n) is 11.9. The first kappa shape index (κ1) is 14.9. The van der Waals surface area contributed by atoms with E-state index in [1.807, 2.05) is 24.3 Å². The SMILES string of the molecule is COc1cccc(CC(C)(CN)c2ccc(Cl)cc2)c1. The first-order chi connectivity index (χ1) is 9.57. The van der Waals surface area contributed by atoms with Crippen molar-refractivity contribution in [1.82, 2.24) is 0 Å². The number of halogens is 1. The van der Waals surface area contributed by atoms with Crippen LogP contribution in [0, 0.1) is 0 Å². The van der Waals surface area contributed by atoms with Gasteiger partial charge < -0.3 is 10.5 Å². The Hall–Kier alpha value is -1.51. The molecular formula is C17H20ClNO. The predicted molar refractivity (Wildman–Crippen MR) is 84.6 cm³/mol. The zero-order valence-corrected chi connectivity index (χ0v) is 12.7. The topological polar surface area (TPSA) is 35.2 Å².